The third kappa shape index (κ3) is 5.30. The first-order valence-corrected chi connectivity index (χ1v) is 7.13. The highest BCUT2D eigenvalue weighted by atomic mass is 16.3. The molecule has 0 aliphatic carbocycles. The number of hydrogen-bond acceptors (Lipinski definition) is 5. The van der Waals surface area contributed by atoms with Crippen LogP contribution in [0.2, 0.25) is 0 Å². The molecular formula is C14H26N4O2. The van der Waals surface area contributed by atoms with Crippen LogP contribution in [0.4, 0.5) is 5.69 Å². The van der Waals surface area contributed by atoms with Crippen molar-refractivity contribution in [2.24, 2.45) is 0 Å². The smallest absolute Gasteiger partial charge is 0.268 e. The van der Waals surface area contributed by atoms with Gasteiger partial charge in [-0.2, -0.15) is 5.10 Å². The zero-order chi connectivity index (χ0) is 15.1. The first-order chi connectivity index (χ1) is 9.43. The van der Waals surface area contributed by atoms with E-state index in [4.69, 9.17) is 0 Å². The average Bonchev–Trinajstić information content (AvgIpc) is 2.39. The summed E-state index contributed by atoms with van der Waals surface area (Å²) in [6.45, 7) is 7.64. The molecule has 6 nitrogen and oxygen atoms in total. The first-order valence-electron chi connectivity index (χ1n) is 7.13. The summed E-state index contributed by atoms with van der Waals surface area (Å²) in [7, 11) is 1.94. The molecule has 0 radical (unpaired) electrons. The number of aliphatic hydroxyl groups excluding tert-OH is 1. The Balaban J connectivity index is 2.66. The molecular weight excluding hydrogens is 256 g/mol. The first kappa shape index (κ1) is 16.7. The summed E-state index contributed by atoms with van der Waals surface area (Å²) in [6.07, 6.45) is 2.06. The summed E-state index contributed by atoms with van der Waals surface area (Å²) >= 11 is 0. The highest BCUT2D eigenvalue weighted by Gasteiger charge is 2.09. The predicted octanol–water partition coefficient (Wildman–Crippen LogP) is 0.448. The van der Waals surface area contributed by atoms with E-state index in [0.717, 1.165) is 18.7 Å². The van der Waals surface area contributed by atoms with Crippen molar-refractivity contribution in [3.05, 3.63) is 22.6 Å². The Labute approximate surface area is 120 Å². The molecule has 1 atom stereocenters. The molecule has 0 saturated heterocycles. The molecule has 0 spiro atoms. The van der Waals surface area contributed by atoms with Crippen LogP contribution in [0.25, 0.3) is 0 Å². The molecule has 6 heteroatoms. The fraction of sp³-hybridized carbons (Fsp3) is 0.714. The van der Waals surface area contributed by atoms with Crippen LogP contribution in [0.1, 0.15) is 27.2 Å². The van der Waals surface area contributed by atoms with Crippen LogP contribution in [0.15, 0.2) is 17.1 Å². The lowest BCUT2D eigenvalue weighted by Gasteiger charge is -2.19. The Morgan fingerprint density at radius 2 is 2.20 bits per heavy atom. The van der Waals surface area contributed by atoms with Crippen molar-refractivity contribution in [1.29, 1.82) is 0 Å². The lowest BCUT2D eigenvalue weighted by atomic mass is 10.3. The Bertz CT molecular complexity index is 459. The summed E-state index contributed by atoms with van der Waals surface area (Å²) < 4.78 is 1.30. The summed E-state index contributed by atoms with van der Waals surface area (Å²) in [5, 5.41) is 17.1. The topological polar surface area (TPSA) is 70.4 Å². The molecule has 1 heterocycles. The van der Waals surface area contributed by atoms with Gasteiger partial charge in [0.15, 0.2) is 0 Å². The van der Waals surface area contributed by atoms with Gasteiger partial charge >= 0.3 is 0 Å². The van der Waals surface area contributed by atoms with Crippen molar-refractivity contribution in [3.8, 4) is 0 Å². The largest absolute Gasteiger partial charge is 0.390 e. The number of rotatable bonds is 8. The van der Waals surface area contributed by atoms with Crippen molar-refractivity contribution in [2.75, 3.05) is 25.0 Å². The van der Waals surface area contributed by atoms with E-state index < -0.39 is 6.10 Å². The molecule has 20 heavy (non-hydrogen) atoms. The van der Waals surface area contributed by atoms with Gasteiger partial charge in [-0.25, -0.2) is 4.68 Å². The van der Waals surface area contributed by atoms with Crippen LogP contribution in [-0.2, 0) is 6.54 Å². The second-order valence-corrected chi connectivity index (χ2v) is 5.37. The molecule has 0 amide bonds. The normalized spacial score (nSPS) is 12.7. The van der Waals surface area contributed by atoms with Crippen molar-refractivity contribution < 1.29 is 5.11 Å². The zero-order valence-electron chi connectivity index (χ0n) is 12.8. The lowest BCUT2D eigenvalue weighted by molar-refractivity contribution is 0.142. The number of aromatic nitrogens is 2. The molecule has 1 aromatic rings. The summed E-state index contributed by atoms with van der Waals surface area (Å²) in [5.74, 6) is 0. The van der Waals surface area contributed by atoms with E-state index in [1.165, 1.54) is 4.68 Å². The van der Waals surface area contributed by atoms with Gasteiger partial charge in [-0.1, -0.05) is 20.8 Å². The SMILES string of the molecule is CCCN(C)c1cnn(CC(O)CNC(C)C)c(=O)c1. The van der Waals surface area contributed by atoms with Crippen molar-refractivity contribution in [2.45, 2.75) is 45.9 Å². The van der Waals surface area contributed by atoms with Gasteiger partial charge in [-0.15, -0.1) is 0 Å². The minimum Gasteiger partial charge on any atom is -0.390 e. The summed E-state index contributed by atoms with van der Waals surface area (Å²) in [6, 6.07) is 1.87. The van der Waals surface area contributed by atoms with Gasteiger partial charge in [0.25, 0.3) is 5.56 Å². The van der Waals surface area contributed by atoms with Gasteiger partial charge < -0.3 is 15.3 Å². The van der Waals surface area contributed by atoms with Crippen LogP contribution in [0.3, 0.4) is 0 Å². The molecule has 0 aliphatic rings. The third-order valence-electron chi connectivity index (χ3n) is 3.00. The lowest BCUT2D eigenvalue weighted by Crippen LogP contribution is -2.37. The second kappa shape index (κ2) is 8.01. The third-order valence-corrected chi connectivity index (χ3v) is 3.00. The Hall–Kier alpha value is -1.40. The molecule has 0 saturated carbocycles. The van der Waals surface area contributed by atoms with E-state index >= 15 is 0 Å². The van der Waals surface area contributed by atoms with Gasteiger partial charge in [0.05, 0.1) is 24.5 Å². The van der Waals surface area contributed by atoms with E-state index in [0.29, 0.717) is 12.6 Å². The molecule has 114 valence electrons. The quantitative estimate of drug-likeness (QED) is 0.724. The predicted molar refractivity (Wildman–Crippen MR) is 81.2 cm³/mol. The van der Waals surface area contributed by atoms with Crippen molar-refractivity contribution in [3.63, 3.8) is 0 Å². The van der Waals surface area contributed by atoms with Crippen LogP contribution in [0.5, 0.6) is 0 Å². The standard InChI is InChI=1S/C14H26N4O2/c1-5-6-17(4)12-7-14(20)18(16-8-12)10-13(19)9-15-11(2)3/h7-8,11,13,15,19H,5-6,9-10H2,1-4H3. The van der Waals surface area contributed by atoms with Crippen LogP contribution in [0, 0.1) is 0 Å². The van der Waals surface area contributed by atoms with Crippen LogP contribution in [-0.4, -0.2) is 47.2 Å². The highest BCUT2D eigenvalue weighted by Crippen LogP contribution is 2.07. The maximum Gasteiger partial charge on any atom is 0.268 e. The molecule has 1 aromatic heterocycles. The van der Waals surface area contributed by atoms with E-state index in [9.17, 15) is 9.90 Å². The zero-order valence-corrected chi connectivity index (χ0v) is 12.8. The summed E-state index contributed by atoms with van der Waals surface area (Å²) in [5.41, 5.74) is 0.622. The molecule has 2 N–H and O–H groups in total. The van der Waals surface area contributed by atoms with E-state index in [-0.39, 0.29) is 12.1 Å². The Morgan fingerprint density at radius 3 is 2.75 bits per heavy atom. The molecule has 0 bridgehead atoms. The average molecular weight is 282 g/mol. The maximum atomic E-state index is 12.0. The van der Waals surface area contributed by atoms with Gasteiger partial charge in [0.1, 0.15) is 0 Å². The fourth-order valence-electron chi connectivity index (χ4n) is 1.87. The van der Waals surface area contributed by atoms with Crippen LogP contribution >= 0.6 is 0 Å². The van der Waals surface area contributed by atoms with Gasteiger partial charge in [0.2, 0.25) is 0 Å². The van der Waals surface area contributed by atoms with Crippen molar-refractivity contribution in [1.82, 2.24) is 15.1 Å². The molecule has 1 unspecified atom stereocenters. The molecule has 0 aromatic carbocycles. The monoisotopic (exact) mass is 282 g/mol. The van der Waals surface area contributed by atoms with Gasteiger partial charge in [-0.05, 0) is 6.42 Å². The van der Waals surface area contributed by atoms with E-state index in [1.807, 2.05) is 25.8 Å². The second-order valence-electron chi connectivity index (χ2n) is 5.37. The number of nitrogens with zero attached hydrogens (tertiary/aromatic N) is 3. The number of aliphatic hydroxyl groups is 1. The number of nitrogens with one attached hydrogen (secondary N) is 1. The minimum absolute atomic E-state index is 0.186. The minimum atomic E-state index is -0.623. The Morgan fingerprint density at radius 1 is 1.50 bits per heavy atom. The maximum absolute atomic E-state index is 12.0. The molecule has 0 fully saturated rings. The molecule has 1 rings (SSSR count). The fourth-order valence-corrected chi connectivity index (χ4v) is 1.87. The number of anilines is 1. The molecule has 0 aliphatic heterocycles. The number of hydrogen-bond donors (Lipinski definition) is 2. The summed E-state index contributed by atoms with van der Waals surface area (Å²) in [4.78, 5) is 14.0. The highest BCUT2D eigenvalue weighted by molar-refractivity contribution is 5.41. The van der Waals surface area contributed by atoms with Crippen molar-refractivity contribution >= 4 is 5.69 Å². The van der Waals surface area contributed by atoms with Crippen LogP contribution < -0.4 is 15.8 Å². The van der Waals surface area contributed by atoms with E-state index in [1.54, 1.807) is 12.3 Å². The van der Waals surface area contributed by atoms with Gasteiger partial charge in [0, 0.05) is 32.2 Å². The Kier molecular flexibility index (Phi) is 6.67. The van der Waals surface area contributed by atoms with E-state index in [2.05, 4.69) is 17.3 Å². The van der Waals surface area contributed by atoms with Gasteiger partial charge in [-0.3, -0.25) is 4.79 Å².